The number of amides is 1. The van der Waals surface area contributed by atoms with E-state index in [1.807, 2.05) is 102 Å². The van der Waals surface area contributed by atoms with Gasteiger partial charge in [-0.2, -0.15) is 5.26 Å². The molecule has 5 aromatic rings. The van der Waals surface area contributed by atoms with Crippen molar-refractivity contribution >= 4 is 23.1 Å². The number of hydrogen-bond acceptors (Lipinski definition) is 3. The molecule has 0 aliphatic rings. The van der Waals surface area contributed by atoms with E-state index in [0.717, 1.165) is 27.9 Å². The van der Waals surface area contributed by atoms with Crippen LogP contribution in [0.4, 0.5) is 5.82 Å². The van der Waals surface area contributed by atoms with E-state index in [1.54, 1.807) is 6.07 Å². The number of carbonyl (C=O) groups excluding carboxylic acids is 1. The summed E-state index contributed by atoms with van der Waals surface area (Å²) in [6.45, 7) is 0.507. The minimum Gasteiger partial charge on any atom is -0.321 e. The van der Waals surface area contributed by atoms with Crippen molar-refractivity contribution in [2.24, 2.45) is 0 Å². The summed E-state index contributed by atoms with van der Waals surface area (Å²) < 4.78 is 2.05. The molecule has 0 atom stereocenters. The Hall–Kier alpha value is -4.40. The maximum absolute atomic E-state index is 13.1. The second kappa shape index (κ2) is 9.62. The van der Waals surface area contributed by atoms with Crippen molar-refractivity contribution in [2.75, 3.05) is 5.32 Å². The molecule has 1 amide bonds. The van der Waals surface area contributed by atoms with Gasteiger partial charge in [-0.15, -0.1) is 11.3 Å². The first-order chi connectivity index (χ1) is 16.8. The zero-order valence-corrected chi connectivity index (χ0v) is 19.1. The molecule has 34 heavy (non-hydrogen) atoms. The second-order valence-corrected chi connectivity index (χ2v) is 8.74. The van der Waals surface area contributed by atoms with Gasteiger partial charge in [0.2, 0.25) is 0 Å². The quantitative estimate of drug-likeness (QED) is 0.296. The Morgan fingerprint density at radius 1 is 0.824 bits per heavy atom. The Balaban J connectivity index is 1.79. The predicted molar refractivity (Wildman–Crippen MR) is 138 cm³/mol. The molecule has 0 fully saturated rings. The van der Waals surface area contributed by atoms with Crippen LogP contribution in [0.5, 0.6) is 0 Å². The van der Waals surface area contributed by atoms with E-state index < -0.39 is 0 Å². The van der Waals surface area contributed by atoms with Crippen molar-refractivity contribution in [1.82, 2.24) is 4.57 Å². The van der Waals surface area contributed by atoms with E-state index in [1.165, 1.54) is 11.3 Å². The first-order valence-electron chi connectivity index (χ1n) is 10.9. The highest BCUT2D eigenvalue weighted by atomic mass is 32.1. The molecule has 2 aromatic heterocycles. The average Bonchev–Trinajstić information content (AvgIpc) is 3.53. The van der Waals surface area contributed by atoms with Gasteiger partial charge < -0.3 is 9.88 Å². The number of benzene rings is 3. The van der Waals surface area contributed by atoms with Gasteiger partial charge in [-0.05, 0) is 28.1 Å². The lowest BCUT2D eigenvalue weighted by molar-refractivity contribution is 0.102. The van der Waals surface area contributed by atoms with Crippen LogP contribution in [0, 0.1) is 11.3 Å². The van der Waals surface area contributed by atoms with Gasteiger partial charge >= 0.3 is 0 Å². The number of nitrogens with zero attached hydrogens (tertiary/aromatic N) is 2. The Kier molecular flexibility index (Phi) is 6.07. The summed E-state index contributed by atoms with van der Waals surface area (Å²) >= 11 is 1.37. The largest absolute Gasteiger partial charge is 0.321 e. The van der Waals surface area contributed by atoms with Crippen LogP contribution in [0.2, 0.25) is 0 Å². The van der Waals surface area contributed by atoms with Crippen LogP contribution in [-0.4, -0.2) is 10.5 Å². The standard InChI is InChI=1S/C29H21N3OS/c30-19-24-26(22-13-6-2-7-14-22)27(23-15-8-3-9-16-23)32(20-21-11-4-1-5-12-21)28(24)31-29(33)25-17-10-18-34-25/h1-18H,20H2,(H,31,33). The van der Waals surface area contributed by atoms with E-state index in [0.29, 0.717) is 22.8 Å². The van der Waals surface area contributed by atoms with Crippen molar-refractivity contribution in [1.29, 1.82) is 5.26 Å². The average molecular weight is 460 g/mol. The molecule has 2 heterocycles. The summed E-state index contributed by atoms with van der Waals surface area (Å²) in [7, 11) is 0. The monoisotopic (exact) mass is 459 g/mol. The van der Waals surface area contributed by atoms with Crippen LogP contribution in [0.3, 0.4) is 0 Å². The summed E-state index contributed by atoms with van der Waals surface area (Å²) in [6, 6.07) is 36.0. The van der Waals surface area contributed by atoms with E-state index in [-0.39, 0.29) is 5.91 Å². The van der Waals surface area contributed by atoms with E-state index in [9.17, 15) is 10.1 Å². The molecule has 5 heteroatoms. The first kappa shape index (κ1) is 21.4. The molecule has 0 radical (unpaired) electrons. The number of thiophene rings is 1. The number of anilines is 1. The van der Waals surface area contributed by atoms with E-state index >= 15 is 0 Å². The van der Waals surface area contributed by atoms with Gasteiger partial charge in [0.15, 0.2) is 0 Å². The van der Waals surface area contributed by atoms with Gasteiger partial charge in [-0.25, -0.2) is 0 Å². The lowest BCUT2D eigenvalue weighted by Gasteiger charge is -2.15. The molecule has 0 spiro atoms. The van der Waals surface area contributed by atoms with Crippen LogP contribution in [0.25, 0.3) is 22.4 Å². The molecule has 1 N–H and O–H groups in total. The third-order valence-corrected chi connectivity index (χ3v) is 6.51. The molecular formula is C29H21N3OS. The Labute approximate surface area is 202 Å². The summed E-state index contributed by atoms with van der Waals surface area (Å²) in [5, 5.41) is 15.3. The molecule has 0 unspecified atom stereocenters. The fraction of sp³-hybridized carbons (Fsp3) is 0.0345. The van der Waals surface area contributed by atoms with Crippen LogP contribution >= 0.6 is 11.3 Å². The smallest absolute Gasteiger partial charge is 0.266 e. The van der Waals surface area contributed by atoms with Crippen molar-refractivity contribution in [2.45, 2.75) is 6.54 Å². The lowest BCUT2D eigenvalue weighted by Crippen LogP contribution is -2.16. The van der Waals surface area contributed by atoms with E-state index in [4.69, 9.17) is 0 Å². The van der Waals surface area contributed by atoms with Crippen molar-refractivity contribution in [3.05, 3.63) is 125 Å². The van der Waals surface area contributed by atoms with Gasteiger partial charge in [-0.3, -0.25) is 4.79 Å². The Morgan fingerprint density at radius 2 is 1.44 bits per heavy atom. The molecule has 164 valence electrons. The van der Waals surface area contributed by atoms with Gasteiger partial charge in [0.1, 0.15) is 17.5 Å². The SMILES string of the molecule is N#Cc1c(-c2ccccc2)c(-c2ccccc2)n(Cc2ccccc2)c1NC(=O)c1cccs1. The number of carbonyl (C=O) groups is 1. The molecule has 3 aromatic carbocycles. The molecule has 4 nitrogen and oxygen atoms in total. The normalized spacial score (nSPS) is 10.6. The van der Waals surface area contributed by atoms with E-state index in [2.05, 4.69) is 16.0 Å². The van der Waals surface area contributed by atoms with Crippen molar-refractivity contribution in [3.63, 3.8) is 0 Å². The minimum atomic E-state index is -0.225. The molecule has 0 aliphatic carbocycles. The van der Waals surface area contributed by atoms with Gasteiger partial charge in [-0.1, -0.05) is 97.1 Å². The first-order valence-corrected chi connectivity index (χ1v) is 11.8. The fourth-order valence-electron chi connectivity index (χ4n) is 4.14. The number of nitriles is 1. The van der Waals surface area contributed by atoms with Crippen LogP contribution in [0.15, 0.2) is 109 Å². The Bertz CT molecular complexity index is 1450. The fourth-order valence-corrected chi connectivity index (χ4v) is 4.76. The maximum Gasteiger partial charge on any atom is 0.266 e. The molecule has 5 rings (SSSR count). The summed E-state index contributed by atoms with van der Waals surface area (Å²) in [6.07, 6.45) is 0. The highest BCUT2D eigenvalue weighted by Crippen LogP contribution is 2.42. The van der Waals surface area contributed by atoms with Crippen molar-refractivity contribution in [3.8, 4) is 28.5 Å². The zero-order chi connectivity index (χ0) is 23.3. The van der Waals surface area contributed by atoms with Crippen LogP contribution in [0.1, 0.15) is 20.8 Å². The molecule has 0 saturated heterocycles. The molecule has 0 saturated carbocycles. The van der Waals surface area contributed by atoms with Crippen molar-refractivity contribution < 1.29 is 4.79 Å². The van der Waals surface area contributed by atoms with Gasteiger partial charge in [0.25, 0.3) is 5.91 Å². The summed E-state index contributed by atoms with van der Waals surface area (Å²) in [5.74, 6) is 0.278. The minimum absolute atomic E-state index is 0.225. The molecular weight excluding hydrogens is 438 g/mol. The highest BCUT2D eigenvalue weighted by molar-refractivity contribution is 7.12. The van der Waals surface area contributed by atoms with Gasteiger partial charge in [0, 0.05) is 12.1 Å². The highest BCUT2D eigenvalue weighted by Gasteiger charge is 2.26. The lowest BCUT2D eigenvalue weighted by atomic mass is 9.98. The second-order valence-electron chi connectivity index (χ2n) is 7.79. The van der Waals surface area contributed by atoms with Crippen LogP contribution < -0.4 is 5.32 Å². The number of hydrogen-bond donors (Lipinski definition) is 1. The predicted octanol–water partition coefficient (Wildman–Crippen LogP) is 7.06. The van der Waals surface area contributed by atoms with Crippen LogP contribution in [-0.2, 0) is 6.54 Å². The third kappa shape index (κ3) is 4.15. The zero-order valence-electron chi connectivity index (χ0n) is 18.3. The summed E-state index contributed by atoms with van der Waals surface area (Å²) in [4.78, 5) is 13.7. The topological polar surface area (TPSA) is 57.8 Å². The number of nitrogens with one attached hydrogen (secondary N) is 1. The molecule has 0 aliphatic heterocycles. The third-order valence-electron chi connectivity index (χ3n) is 5.65. The van der Waals surface area contributed by atoms with Gasteiger partial charge in [0.05, 0.1) is 10.6 Å². The summed E-state index contributed by atoms with van der Waals surface area (Å²) in [5.41, 5.74) is 5.14. The Morgan fingerprint density at radius 3 is 2.03 bits per heavy atom. The number of rotatable bonds is 6. The number of aromatic nitrogens is 1. The molecule has 0 bridgehead atoms. The maximum atomic E-state index is 13.1.